The van der Waals surface area contributed by atoms with Crippen LogP contribution in [0.3, 0.4) is 0 Å². The molecule has 1 aliphatic heterocycles. The Morgan fingerprint density at radius 3 is 2.47 bits per heavy atom. The molecule has 2 aromatic carbocycles. The van der Waals surface area contributed by atoms with Gasteiger partial charge in [0.05, 0.1) is 39.0 Å². The van der Waals surface area contributed by atoms with Gasteiger partial charge in [0, 0.05) is 41.3 Å². The van der Waals surface area contributed by atoms with Crippen LogP contribution in [-0.4, -0.2) is 41.3 Å². The van der Waals surface area contributed by atoms with Gasteiger partial charge in [-0.3, -0.25) is 14.5 Å². The average Bonchev–Trinajstić information content (AvgIpc) is 3.20. The maximum Gasteiger partial charge on any atom is 0.255 e. The maximum absolute atomic E-state index is 15.1. The summed E-state index contributed by atoms with van der Waals surface area (Å²) in [6, 6.07) is 7.75. The Morgan fingerprint density at radius 2 is 1.78 bits per heavy atom. The number of halogens is 3. The lowest BCUT2D eigenvalue weighted by Crippen LogP contribution is -2.45. The molecular formula is C22H13B2F3N4O. The van der Waals surface area contributed by atoms with E-state index in [9.17, 15) is 9.18 Å². The molecular weight excluding hydrogens is 415 g/mol. The quantitative estimate of drug-likeness (QED) is 0.472. The molecule has 0 atom stereocenters. The molecule has 0 saturated carbocycles. The summed E-state index contributed by atoms with van der Waals surface area (Å²) in [6.07, 6.45) is 3.00. The standard InChI is InChI=1S/C22H13B2F3N4O/c1-30-9-14-18(29-30)5-4-15(25)19(14)11-7-16(26)13(17(27)8-11)10-31-21(32)12-3-2-6-28-20(12)22(31,23)24/h2-9H,10H2,1H3. The first-order chi connectivity index (χ1) is 15.2. The second kappa shape index (κ2) is 6.98. The van der Waals surface area contributed by atoms with E-state index in [1.807, 2.05) is 0 Å². The lowest BCUT2D eigenvalue weighted by Gasteiger charge is -2.33. The molecule has 1 amide bonds. The van der Waals surface area contributed by atoms with Crippen molar-refractivity contribution in [1.29, 1.82) is 0 Å². The Hall–Kier alpha value is -3.55. The van der Waals surface area contributed by atoms with Gasteiger partial charge in [0.2, 0.25) is 0 Å². The summed E-state index contributed by atoms with van der Waals surface area (Å²) in [4.78, 5) is 17.7. The molecule has 10 heteroatoms. The zero-order chi connectivity index (χ0) is 22.8. The highest BCUT2D eigenvalue weighted by atomic mass is 19.1. The number of benzene rings is 2. The second-order valence-electron chi connectivity index (χ2n) is 7.69. The SMILES string of the molecule is [B]C1([B])c2ncccc2C(=O)N1Cc1c(F)cc(-c2c(F)ccc3nn(C)cc23)cc1F. The van der Waals surface area contributed by atoms with Crippen molar-refractivity contribution in [3.63, 3.8) is 0 Å². The van der Waals surface area contributed by atoms with Crippen LogP contribution < -0.4 is 0 Å². The third kappa shape index (κ3) is 2.93. The minimum absolute atomic E-state index is 0.00399. The smallest absolute Gasteiger partial charge is 0.255 e. The van der Waals surface area contributed by atoms with Crippen molar-refractivity contribution in [3.05, 3.63) is 83.1 Å². The molecule has 5 nitrogen and oxygen atoms in total. The Morgan fingerprint density at radius 1 is 1.06 bits per heavy atom. The lowest BCUT2D eigenvalue weighted by molar-refractivity contribution is 0.0727. The fourth-order valence-corrected chi connectivity index (χ4v) is 4.08. The topological polar surface area (TPSA) is 51.0 Å². The number of pyridine rings is 1. The van der Waals surface area contributed by atoms with Crippen LogP contribution in [0.2, 0.25) is 0 Å². The van der Waals surface area contributed by atoms with Gasteiger partial charge in [0.15, 0.2) is 0 Å². The van der Waals surface area contributed by atoms with Crippen LogP contribution in [0.5, 0.6) is 0 Å². The molecule has 3 heterocycles. The molecule has 0 fully saturated rings. The van der Waals surface area contributed by atoms with Crippen molar-refractivity contribution in [2.75, 3.05) is 0 Å². The van der Waals surface area contributed by atoms with Crippen LogP contribution in [0.15, 0.2) is 48.8 Å². The number of hydrogen-bond acceptors (Lipinski definition) is 3. The molecule has 2 aromatic heterocycles. The van der Waals surface area contributed by atoms with Crippen LogP contribution >= 0.6 is 0 Å². The van der Waals surface area contributed by atoms with Crippen molar-refractivity contribution in [2.45, 2.75) is 11.9 Å². The Kier molecular flexibility index (Phi) is 4.44. The number of aryl methyl sites for hydroxylation is 1. The average molecular weight is 428 g/mol. The van der Waals surface area contributed by atoms with Crippen molar-refractivity contribution in [2.24, 2.45) is 7.05 Å². The van der Waals surface area contributed by atoms with Gasteiger partial charge >= 0.3 is 0 Å². The summed E-state index contributed by atoms with van der Waals surface area (Å²) in [5.74, 6) is -3.16. The summed E-state index contributed by atoms with van der Waals surface area (Å²) in [6.45, 7) is -0.528. The van der Waals surface area contributed by atoms with Crippen LogP contribution in [0.1, 0.15) is 21.6 Å². The molecule has 0 N–H and O–H groups in total. The molecule has 0 unspecified atom stereocenters. The predicted octanol–water partition coefficient (Wildman–Crippen LogP) is 3.16. The van der Waals surface area contributed by atoms with Gasteiger partial charge in [0.25, 0.3) is 5.91 Å². The zero-order valence-corrected chi connectivity index (χ0v) is 16.8. The van der Waals surface area contributed by atoms with E-state index in [2.05, 4.69) is 10.1 Å². The van der Waals surface area contributed by atoms with Crippen LogP contribution in [0.25, 0.3) is 22.0 Å². The fourth-order valence-electron chi connectivity index (χ4n) is 4.08. The number of aromatic nitrogens is 3. The second-order valence-corrected chi connectivity index (χ2v) is 7.69. The van der Waals surface area contributed by atoms with Gasteiger partial charge in [-0.1, -0.05) is 0 Å². The lowest BCUT2D eigenvalue weighted by atomic mass is 9.59. The number of hydrogen-bond donors (Lipinski definition) is 0. The van der Waals surface area contributed by atoms with E-state index in [-0.39, 0.29) is 22.4 Å². The predicted molar refractivity (Wildman–Crippen MR) is 113 cm³/mol. The van der Waals surface area contributed by atoms with E-state index < -0.39 is 40.8 Å². The first-order valence-corrected chi connectivity index (χ1v) is 9.64. The van der Waals surface area contributed by atoms with E-state index in [4.69, 9.17) is 15.7 Å². The zero-order valence-electron chi connectivity index (χ0n) is 16.8. The molecule has 5 rings (SSSR count). The van der Waals surface area contributed by atoms with E-state index >= 15 is 8.78 Å². The molecule has 154 valence electrons. The van der Waals surface area contributed by atoms with E-state index in [1.54, 1.807) is 19.3 Å². The van der Waals surface area contributed by atoms with Crippen molar-refractivity contribution in [1.82, 2.24) is 19.7 Å². The number of carbonyl (C=O) groups excluding carboxylic acids is 1. The molecule has 0 bridgehead atoms. The maximum atomic E-state index is 15.1. The summed E-state index contributed by atoms with van der Waals surface area (Å²) in [5, 5.41) is 2.78. The Balaban J connectivity index is 1.57. The summed E-state index contributed by atoms with van der Waals surface area (Å²) in [7, 11) is 13.9. The van der Waals surface area contributed by atoms with Crippen LogP contribution in [-0.2, 0) is 18.9 Å². The first-order valence-electron chi connectivity index (χ1n) is 9.64. The molecule has 0 spiro atoms. The van der Waals surface area contributed by atoms with Gasteiger partial charge in [0.1, 0.15) is 17.5 Å². The minimum Gasteiger partial charge on any atom is -0.340 e. The molecule has 4 radical (unpaired) electrons. The third-order valence-electron chi connectivity index (χ3n) is 5.61. The molecule has 0 aliphatic carbocycles. The highest BCUT2D eigenvalue weighted by molar-refractivity contribution is 6.42. The third-order valence-corrected chi connectivity index (χ3v) is 5.61. The van der Waals surface area contributed by atoms with E-state index in [1.165, 1.54) is 29.1 Å². The number of fused-ring (bicyclic) bond motifs is 2. The number of carbonyl (C=O) groups is 1. The summed E-state index contributed by atoms with van der Waals surface area (Å²) in [5.41, 5.74) is 0.379. The van der Waals surface area contributed by atoms with E-state index in [0.717, 1.165) is 17.0 Å². The minimum atomic E-state index is -1.83. The van der Waals surface area contributed by atoms with Crippen molar-refractivity contribution >= 4 is 32.5 Å². The number of rotatable bonds is 3. The molecule has 32 heavy (non-hydrogen) atoms. The van der Waals surface area contributed by atoms with E-state index in [0.29, 0.717) is 10.9 Å². The Labute approximate surface area is 183 Å². The largest absolute Gasteiger partial charge is 0.340 e. The summed E-state index contributed by atoms with van der Waals surface area (Å²) >= 11 is 0. The van der Waals surface area contributed by atoms with Gasteiger partial charge in [-0.15, -0.1) is 0 Å². The highest BCUT2D eigenvalue weighted by Gasteiger charge is 2.43. The molecule has 1 aliphatic rings. The summed E-state index contributed by atoms with van der Waals surface area (Å²) < 4.78 is 46.3. The normalized spacial score (nSPS) is 14.9. The van der Waals surface area contributed by atoms with Crippen LogP contribution in [0.4, 0.5) is 13.2 Å². The van der Waals surface area contributed by atoms with Crippen molar-refractivity contribution in [3.8, 4) is 11.1 Å². The van der Waals surface area contributed by atoms with Gasteiger partial charge < -0.3 is 4.90 Å². The van der Waals surface area contributed by atoms with Crippen LogP contribution in [0, 0.1) is 17.5 Å². The fraction of sp³-hybridized carbons (Fsp3) is 0.136. The Bertz CT molecular complexity index is 1400. The van der Waals surface area contributed by atoms with Gasteiger partial charge in [-0.25, -0.2) is 13.2 Å². The highest BCUT2D eigenvalue weighted by Crippen LogP contribution is 2.37. The van der Waals surface area contributed by atoms with Crippen molar-refractivity contribution < 1.29 is 18.0 Å². The molecule has 4 aromatic rings. The van der Waals surface area contributed by atoms with Gasteiger partial charge in [-0.2, -0.15) is 5.10 Å². The molecule has 0 saturated heterocycles. The number of nitrogens with zero attached hydrogens (tertiary/aromatic N) is 4. The number of amides is 1. The van der Waals surface area contributed by atoms with Gasteiger partial charge in [-0.05, 0) is 42.0 Å². The first kappa shape index (κ1) is 20.4. The monoisotopic (exact) mass is 428 g/mol.